The first-order valence-electron chi connectivity index (χ1n) is 6.53. The predicted octanol–water partition coefficient (Wildman–Crippen LogP) is 2.92. The van der Waals surface area contributed by atoms with Crippen molar-refractivity contribution < 1.29 is 9.90 Å². The van der Waals surface area contributed by atoms with Crippen LogP contribution in [0.3, 0.4) is 0 Å². The molecule has 1 aromatic heterocycles. The molecule has 1 aliphatic carbocycles. The van der Waals surface area contributed by atoms with Crippen molar-refractivity contribution in [2.45, 2.75) is 25.3 Å². The number of hydrogen-bond donors (Lipinski definition) is 1. The van der Waals surface area contributed by atoms with E-state index in [-0.39, 0.29) is 5.56 Å². The minimum absolute atomic E-state index is 0.285. The first kappa shape index (κ1) is 12.0. The Kier molecular flexibility index (Phi) is 2.85. The number of para-hydroxylation sites is 1. The second kappa shape index (κ2) is 4.53. The number of carbonyl (C=O) groups is 1. The molecule has 1 saturated carbocycles. The van der Waals surface area contributed by atoms with E-state index in [1.165, 1.54) is 6.42 Å². The largest absolute Gasteiger partial charge is 0.478 e. The maximum Gasteiger partial charge on any atom is 0.339 e. The zero-order valence-corrected chi connectivity index (χ0v) is 10.8. The monoisotopic (exact) mass is 256 g/mol. The second-order valence-electron chi connectivity index (χ2n) is 5.05. The Morgan fingerprint density at radius 1 is 1.37 bits per heavy atom. The van der Waals surface area contributed by atoms with Crippen LogP contribution in [0.25, 0.3) is 10.9 Å². The van der Waals surface area contributed by atoms with Crippen molar-refractivity contribution in [3.63, 3.8) is 0 Å². The lowest BCUT2D eigenvalue weighted by molar-refractivity contribution is 0.0697. The molecule has 0 saturated heterocycles. The molecular weight excluding hydrogens is 240 g/mol. The molecule has 0 radical (unpaired) electrons. The van der Waals surface area contributed by atoms with Gasteiger partial charge >= 0.3 is 5.97 Å². The third kappa shape index (κ3) is 2.03. The Labute approximate surface area is 111 Å². The lowest BCUT2D eigenvalue weighted by Crippen LogP contribution is -2.38. The highest BCUT2D eigenvalue weighted by Gasteiger charge is 2.26. The minimum Gasteiger partial charge on any atom is -0.478 e. The van der Waals surface area contributed by atoms with Crippen LogP contribution >= 0.6 is 0 Å². The van der Waals surface area contributed by atoms with E-state index in [0.717, 1.165) is 23.7 Å². The van der Waals surface area contributed by atoms with Gasteiger partial charge in [-0.15, -0.1) is 0 Å². The van der Waals surface area contributed by atoms with Gasteiger partial charge in [0, 0.05) is 18.5 Å². The number of benzene rings is 1. The number of aromatic carboxylic acids is 1. The molecule has 0 atom stereocenters. The van der Waals surface area contributed by atoms with Crippen LogP contribution in [0.15, 0.2) is 30.3 Å². The topological polar surface area (TPSA) is 53.4 Å². The van der Waals surface area contributed by atoms with E-state index in [1.807, 2.05) is 36.2 Å². The smallest absolute Gasteiger partial charge is 0.339 e. The van der Waals surface area contributed by atoms with Crippen LogP contribution in [0.1, 0.15) is 29.6 Å². The van der Waals surface area contributed by atoms with E-state index >= 15 is 0 Å². The molecule has 1 aliphatic rings. The van der Waals surface area contributed by atoms with Crippen molar-refractivity contribution >= 4 is 22.7 Å². The molecule has 4 heteroatoms. The van der Waals surface area contributed by atoms with Gasteiger partial charge in [-0.2, -0.15) is 0 Å². The van der Waals surface area contributed by atoms with Gasteiger partial charge in [0.15, 0.2) is 0 Å². The zero-order valence-electron chi connectivity index (χ0n) is 10.8. The van der Waals surface area contributed by atoms with Gasteiger partial charge in [-0.25, -0.2) is 9.78 Å². The molecule has 0 bridgehead atoms. The molecule has 1 heterocycles. The molecule has 3 rings (SSSR count). The fourth-order valence-corrected chi connectivity index (χ4v) is 2.48. The molecule has 1 aromatic carbocycles. The van der Waals surface area contributed by atoms with E-state index in [0.29, 0.717) is 11.9 Å². The lowest BCUT2D eigenvalue weighted by Gasteiger charge is -2.36. The number of fused-ring (bicyclic) bond motifs is 1. The van der Waals surface area contributed by atoms with Crippen LogP contribution in [0.2, 0.25) is 0 Å². The third-order valence-electron chi connectivity index (χ3n) is 3.89. The van der Waals surface area contributed by atoms with Crippen molar-refractivity contribution in [2.75, 3.05) is 11.9 Å². The van der Waals surface area contributed by atoms with Gasteiger partial charge < -0.3 is 10.0 Å². The summed E-state index contributed by atoms with van der Waals surface area (Å²) in [6.45, 7) is 0. The molecule has 19 heavy (non-hydrogen) atoms. The van der Waals surface area contributed by atoms with Crippen molar-refractivity contribution in [3.8, 4) is 0 Å². The van der Waals surface area contributed by atoms with Crippen molar-refractivity contribution in [2.24, 2.45) is 0 Å². The molecule has 0 amide bonds. The third-order valence-corrected chi connectivity index (χ3v) is 3.89. The van der Waals surface area contributed by atoms with E-state index in [4.69, 9.17) is 0 Å². The molecule has 0 spiro atoms. The molecule has 1 N–H and O–H groups in total. The number of rotatable bonds is 3. The fourth-order valence-electron chi connectivity index (χ4n) is 2.48. The summed E-state index contributed by atoms with van der Waals surface area (Å²) in [5.41, 5.74) is 1.13. The maximum atomic E-state index is 11.4. The Morgan fingerprint density at radius 2 is 2.11 bits per heavy atom. The number of aromatic nitrogens is 1. The summed E-state index contributed by atoms with van der Waals surface area (Å²) < 4.78 is 0. The molecule has 1 fully saturated rings. The van der Waals surface area contributed by atoms with E-state index in [2.05, 4.69) is 4.98 Å². The molecule has 98 valence electrons. The summed E-state index contributed by atoms with van der Waals surface area (Å²) in [5.74, 6) is -0.338. The Bertz CT molecular complexity index is 635. The van der Waals surface area contributed by atoms with Crippen LogP contribution in [0.4, 0.5) is 5.82 Å². The van der Waals surface area contributed by atoms with Gasteiger partial charge in [0.05, 0.1) is 5.52 Å². The maximum absolute atomic E-state index is 11.4. The first-order valence-corrected chi connectivity index (χ1v) is 6.53. The normalized spacial score (nSPS) is 15.2. The van der Waals surface area contributed by atoms with Gasteiger partial charge in [0.25, 0.3) is 0 Å². The van der Waals surface area contributed by atoms with Crippen molar-refractivity contribution in [3.05, 3.63) is 35.9 Å². The summed E-state index contributed by atoms with van der Waals surface area (Å²) in [4.78, 5) is 18.0. The Hall–Kier alpha value is -2.10. The fraction of sp³-hybridized carbons (Fsp3) is 0.333. The molecular formula is C15H16N2O2. The molecule has 2 aromatic rings. The molecule has 4 nitrogen and oxygen atoms in total. The van der Waals surface area contributed by atoms with Gasteiger partial charge in [0.1, 0.15) is 11.4 Å². The quantitative estimate of drug-likeness (QED) is 0.917. The van der Waals surface area contributed by atoms with E-state index < -0.39 is 5.97 Å². The SMILES string of the molecule is CN(c1nc2ccccc2cc1C(=O)O)C1CCC1. The molecule has 0 aliphatic heterocycles. The summed E-state index contributed by atoms with van der Waals surface area (Å²) >= 11 is 0. The number of carboxylic acids is 1. The van der Waals surface area contributed by atoms with Crippen LogP contribution in [-0.4, -0.2) is 29.1 Å². The second-order valence-corrected chi connectivity index (χ2v) is 5.05. The average Bonchev–Trinajstić information content (AvgIpc) is 2.35. The van der Waals surface area contributed by atoms with Crippen LogP contribution in [-0.2, 0) is 0 Å². The highest BCUT2D eigenvalue weighted by atomic mass is 16.4. The molecule has 0 unspecified atom stereocenters. The first-order chi connectivity index (χ1) is 9.16. The van der Waals surface area contributed by atoms with E-state index in [1.54, 1.807) is 6.07 Å². The predicted molar refractivity (Wildman–Crippen MR) is 74.7 cm³/mol. The van der Waals surface area contributed by atoms with Crippen LogP contribution in [0.5, 0.6) is 0 Å². The van der Waals surface area contributed by atoms with Gasteiger partial charge in [-0.3, -0.25) is 0 Å². The van der Waals surface area contributed by atoms with E-state index in [9.17, 15) is 9.90 Å². The summed E-state index contributed by atoms with van der Waals surface area (Å²) in [5, 5.41) is 10.2. The highest BCUT2D eigenvalue weighted by molar-refractivity contribution is 5.98. The standard InChI is InChI=1S/C15H16N2O2/c1-17(11-6-4-7-11)14-12(15(18)19)9-10-5-2-3-8-13(10)16-14/h2-3,5,8-9,11H,4,6-7H2,1H3,(H,18,19). The Balaban J connectivity index is 2.14. The Morgan fingerprint density at radius 3 is 2.74 bits per heavy atom. The van der Waals surface area contributed by atoms with Gasteiger partial charge in [0.2, 0.25) is 0 Å². The number of hydrogen-bond acceptors (Lipinski definition) is 3. The zero-order chi connectivity index (χ0) is 13.4. The minimum atomic E-state index is -0.917. The number of anilines is 1. The number of nitrogens with zero attached hydrogens (tertiary/aromatic N) is 2. The average molecular weight is 256 g/mol. The number of pyridine rings is 1. The highest BCUT2D eigenvalue weighted by Crippen LogP contribution is 2.30. The van der Waals surface area contributed by atoms with Crippen molar-refractivity contribution in [1.82, 2.24) is 4.98 Å². The van der Waals surface area contributed by atoms with Gasteiger partial charge in [-0.05, 0) is 31.4 Å². The summed E-state index contributed by atoms with van der Waals surface area (Å²) in [6, 6.07) is 9.76. The summed E-state index contributed by atoms with van der Waals surface area (Å²) in [6.07, 6.45) is 3.44. The number of carboxylic acid groups (broad SMARTS) is 1. The van der Waals surface area contributed by atoms with Crippen LogP contribution < -0.4 is 4.90 Å². The lowest BCUT2D eigenvalue weighted by atomic mass is 9.91. The van der Waals surface area contributed by atoms with Crippen LogP contribution in [0, 0.1) is 0 Å². The summed E-state index contributed by atoms with van der Waals surface area (Å²) in [7, 11) is 1.94. The van der Waals surface area contributed by atoms with Gasteiger partial charge in [-0.1, -0.05) is 18.2 Å². The van der Waals surface area contributed by atoms with Crippen molar-refractivity contribution in [1.29, 1.82) is 0 Å².